The van der Waals surface area contributed by atoms with E-state index in [9.17, 15) is 13.6 Å². The number of carbonyl (C=O) groups excluding carboxylic acids is 1. The Hall–Kier alpha value is -1.91. The highest BCUT2D eigenvalue weighted by atomic mass is 19.1. The molecule has 0 atom stereocenters. The van der Waals surface area contributed by atoms with E-state index in [1.165, 1.54) is 12.2 Å². The monoisotopic (exact) mass is 269 g/mol. The fraction of sp³-hybridized carbons (Fsp3) is 0.357. The van der Waals surface area contributed by atoms with Crippen molar-refractivity contribution in [3.63, 3.8) is 0 Å². The number of hydrogen-bond acceptors (Lipinski definition) is 2. The summed E-state index contributed by atoms with van der Waals surface area (Å²) in [5.41, 5.74) is -0.436. The molecule has 1 aromatic carbocycles. The van der Waals surface area contributed by atoms with Crippen LogP contribution < -0.4 is 5.32 Å². The van der Waals surface area contributed by atoms with Gasteiger partial charge < -0.3 is 10.1 Å². The lowest BCUT2D eigenvalue weighted by Crippen LogP contribution is -2.32. The number of carbonyl (C=O) groups is 1. The summed E-state index contributed by atoms with van der Waals surface area (Å²) in [4.78, 5) is 11.3. The van der Waals surface area contributed by atoms with Crippen molar-refractivity contribution in [2.45, 2.75) is 26.4 Å². The molecule has 0 unspecified atom stereocenters. The second-order valence-electron chi connectivity index (χ2n) is 4.95. The zero-order chi connectivity index (χ0) is 14.5. The molecule has 19 heavy (non-hydrogen) atoms. The van der Waals surface area contributed by atoms with E-state index in [2.05, 4.69) is 5.32 Å². The van der Waals surface area contributed by atoms with Gasteiger partial charge in [0.2, 0.25) is 0 Å². The zero-order valence-corrected chi connectivity index (χ0v) is 11.2. The van der Waals surface area contributed by atoms with E-state index in [4.69, 9.17) is 4.74 Å². The molecule has 0 saturated heterocycles. The first-order valence-electron chi connectivity index (χ1n) is 5.86. The van der Waals surface area contributed by atoms with Crippen LogP contribution in [0.25, 0.3) is 6.08 Å². The number of nitrogens with one attached hydrogen (secondary N) is 1. The molecule has 0 aromatic heterocycles. The third-order valence-electron chi connectivity index (χ3n) is 2.02. The van der Waals surface area contributed by atoms with Gasteiger partial charge >= 0.3 is 6.09 Å². The predicted molar refractivity (Wildman–Crippen MR) is 69.6 cm³/mol. The molecule has 5 heteroatoms. The van der Waals surface area contributed by atoms with Gasteiger partial charge in [-0.3, -0.25) is 0 Å². The van der Waals surface area contributed by atoms with Crippen molar-refractivity contribution in [2.75, 3.05) is 6.54 Å². The summed E-state index contributed by atoms with van der Waals surface area (Å²) in [6.07, 6.45) is 2.36. The summed E-state index contributed by atoms with van der Waals surface area (Å²) in [7, 11) is 0. The molecule has 1 amide bonds. The van der Waals surface area contributed by atoms with Crippen molar-refractivity contribution < 1.29 is 18.3 Å². The van der Waals surface area contributed by atoms with Crippen LogP contribution in [0.2, 0.25) is 0 Å². The Labute approximate surface area is 111 Å². The van der Waals surface area contributed by atoms with Gasteiger partial charge in [0.1, 0.15) is 17.2 Å². The predicted octanol–water partition coefficient (Wildman–Crippen LogP) is 3.50. The molecule has 0 fully saturated rings. The minimum atomic E-state index is -0.567. The zero-order valence-electron chi connectivity index (χ0n) is 11.2. The van der Waals surface area contributed by atoms with E-state index in [1.807, 2.05) is 0 Å². The number of halogens is 2. The summed E-state index contributed by atoms with van der Waals surface area (Å²) in [6, 6.07) is 3.18. The Bertz CT molecular complexity index is 479. The summed E-state index contributed by atoms with van der Waals surface area (Å²) in [5, 5.41) is 2.48. The third kappa shape index (κ3) is 5.99. The molecule has 0 radical (unpaired) electrons. The lowest BCUT2D eigenvalue weighted by atomic mass is 10.2. The minimum absolute atomic E-state index is 0.131. The van der Waals surface area contributed by atoms with Gasteiger partial charge in [-0.1, -0.05) is 12.2 Å². The Kier molecular flexibility index (Phi) is 5.03. The van der Waals surface area contributed by atoms with Crippen molar-refractivity contribution in [2.24, 2.45) is 0 Å². The van der Waals surface area contributed by atoms with Gasteiger partial charge in [-0.2, -0.15) is 0 Å². The van der Waals surface area contributed by atoms with Crippen LogP contribution in [0.5, 0.6) is 0 Å². The van der Waals surface area contributed by atoms with Crippen LogP contribution >= 0.6 is 0 Å². The highest BCUT2D eigenvalue weighted by molar-refractivity contribution is 5.68. The number of hydrogen-bond donors (Lipinski definition) is 1. The molecule has 3 nitrogen and oxygen atoms in total. The lowest BCUT2D eigenvalue weighted by Gasteiger charge is -2.19. The van der Waals surface area contributed by atoms with Gasteiger partial charge in [0.05, 0.1) is 0 Å². The first-order chi connectivity index (χ1) is 8.78. The lowest BCUT2D eigenvalue weighted by molar-refractivity contribution is 0.0534. The van der Waals surface area contributed by atoms with E-state index in [-0.39, 0.29) is 12.1 Å². The standard InChI is InChI=1S/C14H17F2NO2/c1-14(2,3)19-13(18)17-8-4-5-10-9-11(15)6-7-12(10)16/h4-7,9H,8H2,1-3H3,(H,17,18)/b5-4+. The Morgan fingerprint density at radius 2 is 2.05 bits per heavy atom. The molecule has 0 aliphatic heterocycles. The van der Waals surface area contributed by atoms with E-state index < -0.39 is 23.3 Å². The number of amides is 1. The largest absolute Gasteiger partial charge is 0.444 e. The van der Waals surface area contributed by atoms with Crippen LogP contribution in [0, 0.1) is 11.6 Å². The Morgan fingerprint density at radius 3 is 2.68 bits per heavy atom. The molecule has 0 bridgehead atoms. The maximum Gasteiger partial charge on any atom is 0.407 e. The fourth-order valence-corrected chi connectivity index (χ4v) is 1.28. The van der Waals surface area contributed by atoms with Crippen LogP contribution in [-0.2, 0) is 4.74 Å². The van der Waals surface area contributed by atoms with E-state index in [0.717, 1.165) is 18.2 Å². The maximum atomic E-state index is 13.2. The number of benzene rings is 1. The summed E-state index contributed by atoms with van der Waals surface area (Å²) in [6.45, 7) is 5.44. The van der Waals surface area contributed by atoms with Crippen molar-refractivity contribution in [1.29, 1.82) is 0 Å². The van der Waals surface area contributed by atoms with Crippen molar-refractivity contribution in [1.82, 2.24) is 5.32 Å². The Morgan fingerprint density at radius 1 is 1.37 bits per heavy atom. The molecule has 0 aliphatic carbocycles. The molecule has 1 N–H and O–H groups in total. The average Bonchev–Trinajstić information content (AvgIpc) is 2.26. The van der Waals surface area contributed by atoms with Crippen molar-refractivity contribution in [3.8, 4) is 0 Å². The van der Waals surface area contributed by atoms with E-state index >= 15 is 0 Å². The smallest absolute Gasteiger partial charge is 0.407 e. The molecule has 0 saturated carbocycles. The minimum Gasteiger partial charge on any atom is -0.444 e. The number of ether oxygens (including phenoxy) is 1. The highest BCUT2D eigenvalue weighted by Gasteiger charge is 2.14. The molecular formula is C14H17F2NO2. The average molecular weight is 269 g/mol. The van der Waals surface area contributed by atoms with E-state index in [0.29, 0.717) is 0 Å². The quantitative estimate of drug-likeness (QED) is 0.912. The first-order valence-corrected chi connectivity index (χ1v) is 5.86. The van der Waals surface area contributed by atoms with Crippen LogP contribution in [-0.4, -0.2) is 18.2 Å². The van der Waals surface area contributed by atoms with Crippen LogP contribution in [0.15, 0.2) is 24.3 Å². The number of alkyl carbamates (subject to hydrolysis) is 1. The Balaban J connectivity index is 2.47. The van der Waals surface area contributed by atoms with E-state index in [1.54, 1.807) is 20.8 Å². The second-order valence-corrected chi connectivity index (χ2v) is 4.95. The molecule has 104 valence electrons. The molecule has 0 aliphatic rings. The van der Waals surface area contributed by atoms with Gasteiger partial charge in [0, 0.05) is 12.1 Å². The number of rotatable bonds is 3. The summed E-state index contributed by atoms with van der Waals surface area (Å²) in [5.74, 6) is -1.03. The summed E-state index contributed by atoms with van der Waals surface area (Å²) >= 11 is 0. The van der Waals surface area contributed by atoms with Gasteiger partial charge in [-0.15, -0.1) is 0 Å². The molecule has 1 rings (SSSR count). The maximum absolute atomic E-state index is 13.2. The molecular weight excluding hydrogens is 252 g/mol. The topological polar surface area (TPSA) is 38.3 Å². The highest BCUT2D eigenvalue weighted by Crippen LogP contribution is 2.11. The SMILES string of the molecule is CC(C)(C)OC(=O)NC/C=C/c1cc(F)ccc1F. The van der Waals surface area contributed by atoms with Crippen LogP contribution in [0.1, 0.15) is 26.3 Å². The first kappa shape index (κ1) is 15.1. The van der Waals surface area contributed by atoms with Crippen molar-refractivity contribution in [3.05, 3.63) is 41.5 Å². The molecule has 0 heterocycles. The van der Waals surface area contributed by atoms with Crippen LogP contribution in [0.4, 0.5) is 13.6 Å². The summed E-state index contributed by atoms with van der Waals surface area (Å²) < 4.78 is 31.1. The van der Waals surface area contributed by atoms with Crippen LogP contribution in [0.3, 0.4) is 0 Å². The fourth-order valence-electron chi connectivity index (χ4n) is 1.28. The van der Waals surface area contributed by atoms with Gasteiger partial charge in [0.15, 0.2) is 0 Å². The second kappa shape index (κ2) is 6.31. The van der Waals surface area contributed by atoms with Gasteiger partial charge in [0.25, 0.3) is 0 Å². The molecule has 1 aromatic rings. The normalized spacial score (nSPS) is 11.6. The van der Waals surface area contributed by atoms with Gasteiger partial charge in [-0.25, -0.2) is 13.6 Å². The van der Waals surface area contributed by atoms with Crippen molar-refractivity contribution >= 4 is 12.2 Å². The molecule has 0 spiro atoms. The van der Waals surface area contributed by atoms with Gasteiger partial charge in [-0.05, 0) is 39.0 Å². The third-order valence-corrected chi connectivity index (χ3v) is 2.02.